The third kappa shape index (κ3) is 3.57. The first-order valence-corrected chi connectivity index (χ1v) is 7.95. The fraction of sp³-hybridized carbons (Fsp3) is 0.167. The number of thiazole rings is 1. The van der Waals surface area contributed by atoms with Crippen LogP contribution in [-0.4, -0.2) is 12.0 Å². The molecular weight excluding hydrogens is 276 g/mol. The Morgan fingerprint density at radius 3 is 2.38 bits per heavy atom. The van der Waals surface area contributed by atoms with E-state index < -0.39 is 0 Å². The fourth-order valence-electron chi connectivity index (χ4n) is 2.29. The van der Waals surface area contributed by atoms with E-state index in [1.165, 1.54) is 16.7 Å². The summed E-state index contributed by atoms with van der Waals surface area (Å²) in [6, 6.07) is 19.1. The minimum absolute atomic E-state index is 0.900. The van der Waals surface area contributed by atoms with E-state index in [1.807, 2.05) is 13.1 Å². The van der Waals surface area contributed by atoms with Crippen molar-refractivity contribution in [1.29, 1.82) is 0 Å². The molecule has 0 aliphatic heterocycles. The summed E-state index contributed by atoms with van der Waals surface area (Å²) in [5, 5.41) is 6.47. The molecular formula is C18H18N2S. The predicted molar refractivity (Wildman–Crippen MR) is 89.6 cm³/mol. The minimum Gasteiger partial charge on any atom is -0.316 e. The lowest BCUT2D eigenvalue weighted by molar-refractivity contribution is 0.817. The molecule has 3 rings (SSSR count). The van der Waals surface area contributed by atoms with Crippen LogP contribution in [0.5, 0.6) is 0 Å². The van der Waals surface area contributed by atoms with Crippen molar-refractivity contribution in [1.82, 2.24) is 10.3 Å². The van der Waals surface area contributed by atoms with Crippen LogP contribution in [0.15, 0.2) is 60.0 Å². The number of nitrogens with one attached hydrogen (secondary N) is 1. The summed E-state index contributed by atoms with van der Waals surface area (Å²) >= 11 is 1.73. The van der Waals surface area contributed by atoms with E-state index >= 15 is 0 Å². The second-order valence-corrected chi connectivity index (χ2v) is 5.96. The number of hydrogen-bond acceptors (Lipinski definition) is 3. The van der Waals surface area contributed by atoms with E-state index in [9.17, 15) is 0 Å². The van der Waals surface area contributed by atoms with Gasteiger partial charge in [-0.1, -0.05) is 54.6 Å². The van der Waals surface area contributed by atoms with Gasteiger partial charge in [-0.2, -0.15) is 0 Å². The highest BCUT2D eigenvalue weighted by Crippen LogP contribution is 2.23. The Labute approximate surface area is 129 Å². The molecule has 1 N–H and O–H groups in total. The van der Waals surface area contributed by atoms with E-state index in [1.54, 1.807) is 11.3 Å². The maximum Gasteiger partial charge on any atom is 0.0976 e. The SMILES string of the molecule is CNCc1ccc(Cc2nc(-c3ccccc3)cs2)cc1. The van der Waals surface area contributed by atoms with Crippen molar-refractivity contribution in [2.24, 2.45) is 0 Å². The Hall–Kier alpha value is -1.97. The molecule has 2 nitrogen and oxygen atoms in total. The van der Waals surface area contributed by atoms with Crippen LogP contribution in [0.3, 0.4) is 0 Å². The molecule has 0 unspecified atom stereocenters. The van der Waals surface area contributed by atoms with Crippen molar-refractivity contribution in [2.45, 2.75) is 13.0 Å². The lowest BCUT2D eigenvalue weighted by Gasteiger charge is -2.02. The van der Waals surface area contributed by atoms with Crippen molar-refractivity contribution in [3.8, 4) is 11.3 Å². The van der Waals surface area contributed by atoms with Crippen LogP contribution in [0.1, 0.15) is 16.1 Å². The van der Waals surface area contributed by atoms with Gasteiger partial charge in [-0.25, -0.2) is 4.98 Å². The number of benzene rings is 2. The average Bonchev–Trinajstić information content (AvgIpc) is 2.99. The normalized spacial score (nSPS) is 10.7. The van der Waals surface area contributed by atoms with E-state index in [0.717, 1.165) is 23.7 Å². The lowest BCUT2D eigenvalue weighted by Crippen LogP contribution is -2.04. The van der Waals surface area contributed by atoms with Crippen molar-refractivity contribution in [3.63, 3.8) is 0 Å². The van der Waals surface area contributed by atoms with Crippen molar-refractivity contribution in [3.05, 3.63) is 76.1 Å². The van der Waals surface area contributed by atoms with Gasteiger partial charge < -0.3 is 5.32 Å². The van der Waals surface area contributed by atoms with Gasteiger partial charge in [0.1, 0.15) is 0 Å². The van der Waals surface area contributed by atoms with Crippen LogP contribution in [0.2, 0.25) is 0 Å². The van der Waals surface area contributed by atoms with E-state index in [-0.39, 0.29) is 0 Å². The lowest BCUT2D eigenvalue weighted by atomic mass is 10.1. The van der Waals surface area contributed by atoms with Gasteiger partial charge in [0, 0.05) is 23.9 Å². The Kier molecular flexibility index (Phi) is 4.43. The van der Waals surface area contributed by atoms with E-state index in [0.29, 0.717) is 0 Å². The summed E-state index contributed by atoms with van der Waals surface area (Å²) in [6.45, 7) is 0.912. The van der Waals surface area contributed by atoms with Crippen molar-refractivity contribution in [2.75, 3.05) is 7.05 Å². The largest absolute Gasteiger partial charge is 0.316 e. The molecule has 0 atom stereocenters. The third-order valence-electron chi connectivity index (χ3n) is 3.38. The zero-order valence-electron chi connectivity index (χ0n) is 12.0. The quantitative estimate of drug-likeness (QED) is 0.765. The molecule has 0 bridgehead atoms. The smallest absolute Gasteiger partial charge is 0.0976 e. The molecule has 1 aromatic heterocycles. The molecule has 0 aliphatic carbocycles. The van der Waals surface area contributed by atoms with Gasteiger partial charge >= 0.3 is 0 Å². The first-order valence-electron chi connectivity index (χ1n) is 7.07. The number of aromatic nitrogens is 1. The summed E-state index contributed by atoms with van der Waals surface area (Å²) in [7, 11) is 1.97. The van der Waals surface area contributed by atoms with Crippen LogP contribution < -0.4 is 5.32 Å². The van der Waals surface area contributed by atoms with Gasteiger partial charge in [0.2, 0.25) is 0 Å². The first-order chi connectivity index (χ1) is 10.3. The molecule has 0 fully saturated rings. The highest BCUT2D eigenvalue weighted by Gasteiger charge is 2.05. The van der Waals surface area contributed by atoms with Crippen molar-refractivity contribution >= 4 is 11.3 Å². The van der Waals surface area contributed by atoms with Crippen LogP contribution in [-0.2, 0) is 13.0 Å². The summed E-state index contributed by atoms with van der Waals surface area (Å²) < 4.78 is 0. The summed E-state index contributed by atoms with van der Waals surface area (Å²) in [5.74, 6) is 0. The van der Waals surface area contributed by atoms with Crippen molar-refractivity contribution < 1.29 is 0 Å². The molecule has 0 radical (unpaired) electrons. The number of nitrogens with zero attached hydrogens (tertiary/aromatic N) is 1. The molecule has 21 heavy (non-hydrogen) atoms. The fourth-order valence-corrected chi connectivity index (χ4v) is 3.12. The third-order valence-corrected chi connectivity index (χ3v) is 4.23. The maximum absolute atomic E-state index is 4.74. The van der Waals surface area contributed by atoms with Gasteiger partial charge in [-0.05, 0) is 18.2 Å². The van der Waals surface area contributed by atoms with Gasteiger partial charge in [0.15, 0.2) is 0 Å². The standard InChI is InChI=1S/C18H18N2S/c1-19-12-15-9-7-14(8-10-15)11-18-20-17(13-21-18)16-5-3-2-4-6-16/h2-10,13,19H,11-12H2,1H3. The van der Waals surface area contributed by atoms with Gasteiger partial charge in [-0.15, -0.1) is 11.3 Å². The first kappa shape index (κ1) is 14.0. The van der Waals surface area contributed by atoms with Crippen LogP contribution >= 0.6 is 11.3 Å². The Morgan fingerprint density at radius 1 is 0.952 bits per heavy atom. The second-order valence-electron chi connectivity index (χ2n) is 5.02. The highest BCUT2D eigenvalue weighted by molar-refractivity contribution is 7.10. The molecule has 3 heteroatoms. The predicted octanol–water partition coefficient (Wildman–Crippen LogP) is 4.12. The summed E-state index contributed by atoms with van der Waals surface area (Å²) in [5.41, 5.74) is 4.88. The van der Waals surface area contributed by atoms with Gasteiger partial charge in [-0.3, -0.25) is 0 Å². The average molecular weight is 294 g/mol. The molecule has 3 aromatic rings. The molecule has 1 heterocycles. The molecule has 0 spiro atoms. The van der Waals surface area contributed by atoms with Crippen LogP contribution in [0, 0.1) is 0 Å². The van der Waals surface area contributed by atoms with E-state index in [2.05, 4.69) is 59.2 Å². The minimum atomic E-state index is 0.900. The highest BCUT2D eigenvalue weighted by atomic mass is 32.1. The molecule has 0 aliphatic rings. The van der Waals surface area contributed by atoms with Gasteiger partial charge in [0.25, 0.3) is 0 Å². The topological polar surface area (TPSA) is 24.9 Å². The zero-order valence-corrected chi connectivity index (χ0v) is 12.9. The molecule has 2 aromatic carbocycles. The molecule has 0 saturated heterocycles. The van der Waals surface area contributed by atoms with E-state index in [4.69, 9.17) is 4.98 Å². The summed E-state index contributed by atoms with van der Waals surface area (Å²) in [6.07, 6.45) is 0.900. The molecule has 106 valence electrons. The molecule has 0 amide bonds. The Balaban J connectivity index is 1.72. The number of hydrogen-bond donors (Lipinski definition) is 1. The monoisotopic (exact) mass is 294 g/mol. The Morgan fingerprint density at radius 2 is 1.67 bits per heavy atom. The van der Waals surface area contributed by atoms with Crippen LogP contribution in [0.4, 0.5) is 0 Å². The maximum atomic E-state index is 4.74. The Bertz CT molecular complexity index is 687. The second kappa shape index (κ2) is 6.66. The summed E-state index contributed by atoms with van der Waals surface area (Å²) in [4.78, 5) is 4.74. The molecule has 0 saturated carbocycles. The van der Waals surface area contributed by atoms with Gasteiger partial charge in [0.05, 0.1) is 10.7 Å². The number of rotatable bonds is 5. The zero-order chi connectivity index (χ0) is 14.5. The van der Waals surface area contributed by atoms with Crippen LogP contribution in [0.25, 0.3) is 11.3 Å².